The van der Waals surface area contributed by atoms with Crippen molar-refractivity contribution >= 4 is 9.84 Å². The van der Waals surface area contributed by atoms with Crippen LogP contribution < -0.4 is 5.32 Å². The predicted octanol–water partition coefficient (Wildman–Crippen LogP) is 2.87. The zero-order valence-electron chi connectivity index (χ0n) is 12.5. The minimum absolute atomic E-state index is 0.0695. The van der Waals surface area contributed by atoms with Gasteiger partial charge in [0.1, 0.15) is 0 Å². The molecule has 0 radical (unpaired) electrons. The van der Waals surface area contributed by atoms with Crippen molar-refractivity contribution in [2.45, 2.75) is 50.3 Å². The van der Waals surface area contributed by atoms with Gasteiger partial charge in [-0.15, -0.1) is 0 Å². The van der Waals surface area contributed by atoms with Crippen LogP contribution in [0, 0.1) is 5.92 Å². The molecule has 1 rings (SSSR count). The van der Waals surface area contributed by atoms with E-state index in [0.29, 0.717) is 11.4 Å². The van der Waals surface area contributed by atoms with Crippen molar-refractivity contribution < 1.29 is 8.42 Å². The summed E-state index contributed by atoms with van der Waals surface area (Å²) in [6, 6.07) is 8.70. The zero-order chi connectivity index (χ0) is 14.7. The lowest BCUT2D eigenvalue weighted by Gasteiger charge is -2.27. The molecule has 0 aliphatic heterocycles. The fourth-order valence-electron chi connectivity index (χ4n) is 1.90. The van der Waals surface area contributed by atoms with Crippen molar-refractivity contribution in [2.75, 3.05) is 6.54 Å². The first-order valence-corrected chi connectivity index (χ1v) is 8.23. The van der Waals surface area contributed by atoms with E-state index in [4.69, 9.17) is 0 Å². The Bertz CT molecular complexity index is 487. The lowest BCUT2D eigenvalue weighted by molar-refractivity contribution is 0.400. The summed E-state index contributed by atoms with van der Waals surface area (Å²) in [7, 11) is -3.29. The van der Waals surface area contributed by atoms with Gasteiger partial charge in [0.15, 0.2) is 9.84 Å². The molecule has 0 bridgehead atoms. The molecule has 1 aromatic rings. The highest BCUT2D eigenvalue weighted by atomic mass is 32.2. The van der Waals surface area contributed by atoms with Gasteiger partial charge in [-0.2, -0.15) is 0 Å². The van der Waals surface area contributed by atoms with E-state index in [1.807, 2.05) is 40.7 Å². The van der Waals surface area contributed by atoms with Gasteiger partial charge in [0.25, 0.3) is 0 Å². The van der Waals surface area contributed by atoms with E-state index in [0.717, 1.165) is 0 Å². The molecule has 0 saturated heterocycles. The van der Waals surface area contributed by atoms with E-state index in [9.17, 15) is 8.42 Å². The largest absolute Gasteiger partial charge is 0.311 e. The van der Waals surface area contributed by atoms with Crippen molar-refractivity contribution in [3.8, 4) is 0 Å². The molecule has 0 aliphatic carbocycles. The SMILES string of the molecule is CC(C)C(CNC(C)(C)C)S(=O)(=O)c1ccccc1. The molecule has 0 amide bonds. The van der Waals surface area contributed by atoms with Crippen LogP contribution in [0.5, 0.6) is 0 Å². The van der Waals surface area contributed by atoms with Crippen LogP contribution >= 0.6 is 0 Å². The van der Waals surface area contributed by atoms with E-state index in [1.54, 1.807) is 24.3 Å². The number of hydrogen-bond donors (Lipinski definition) is 1. The summed E-state index contributed by atoms with van der Waals surface area (Å²) in [5.74, 6) is 0.0695. The van der Waals surface area contributed by atoms with Gasteiger partial charge in [0.2, 0.25) is 0 Å². The van der Waals surface area contributed by atoms with Gasteiger partial charge < -0.3 is 5.32 Å². The summed E-state index contributed by atoms with van der Waals surface area (Å²) < 4.78 is 25.3. The number of rotatable bonds is 5. The minimum atomic E-state index is -3.29. The predicted molar refractivity (Wildman–Crippen MR) is 80.0 cm³/mol. The van der Waals surface area contributed by atoms with E-state index >= 15 is 0 Å². The standard InChI is InChI=1S/C15H25NO2S/c1-12(2)14(11-16-15(3,4)5)19(17,18)13-9-7-6-8-10-13/h6-10,12,14,16H,11H2,1-5H3. The summed E-state index contributed by atoms with van der Waals surface area (Å²) >= 11 is 0. The third kappa shape index (κ3) is 4.62. The van der Waals surface area contributed by atoms with Crippen LogP contribution in [0.25, 0.3) is 0 Å². The molecule has 0 heterocycles. The zero-order valence-corrected chi connectivity index (χ0v) is 13.3. The van der Waals surface area contributed by atoms with E-state index in [2.05, 4.69) is 5.32 Å². The Morgan fingerprint density at radius 1 is 1.11 bits per heavy atom. The molecule has 0 aromatic heterocycles. The summed E-state index contributed by atoms with van der Waals surface area (Å²) in [6.45, 7) is 10.5. The van der Waals surface area contributed by atoms with Gasteiger partial charge in [-0.3, -0.25) is 0 Å². The third-order valence-electron chi connectivity index (χ3n) is 3.05. The van der Waals surface area contributed by atoms with Crippen LogP contribution in [0.3, 0.4) is 0 Å². The number of hydrogen-bond acceptors (Lipinski definition) is 3. The topological polar surface area (TPSA) is 46.2 Å². The maximum Gasteiger partial charge on any atom is 0.182 e. The normalized spacial score (nSPS) is 14.6. The molecule has 0 spiro atoms. The van der Waals surface area contributed by atoms with Gasteiger partial charge in [0, 0.05) is 12.1 Å². The summed E-state index contributed by atoms with van der Waals surface area (Å²) in [6.07, 6.45) is 0. The average molecular weight is 283 g/mol. The summed E-state index contributed by atoms with van der Waals surface area (Å²) in [5, 5.41) is 2.89. The first kappa shape index (κ1) is 16.2. The van der Waals surface area contributed by atoms with Crippen LogP contribution in [0.4, 0.5) is 0 Å². The Hall–Kier alpha value is -0.870. The molecule has 19 heavy (non-hydrogen) atoms. The fourth-order valence-corrected chi connectivity index (χ4v) is 3.80. The second kappa shape index (κ2) is 6.06. The smallest absolute Gasteiger partial charge is 0.182 e. The van der Waals surface area contributed by atoms with Crippen molar-refractivity contribution in [1.82, 2.24) is 5.32 Å². The number of sulfone groups is 1. The quantitative estimate of drug-likeness (QED) is 0.904. The Balaban J connectivity index is 2.99. The summed E-state index contributed by atoms with van der Waals surface area (Å²) in [4.78, 5) is 0.407. The van der Waals surface area contributed by atoms with E-state index in [1.165, 1.54) is 0 Å². The van der Waals surface area contributed by atoms with Crippen molar-refractivity contribution in [1.29, 1.82) is 0 Å². The van der Waals surface area contributed by atoms with Gasteiger partial charge >= 0.3 is 0 Å². The molecule has 1 unspecified atom stereocenters. The lowest BCUT2D eigenvalue weighted by Crippen LogP contribution is -2.45. The van der Waals surface area contributed by atoms with Gasteiger partial charge in [-0.05, 0) is 38.8 Å². The highest BCUT2D eigenvalue weighted by Crippen LogP contribution is 2.21. The maximum absolute atomic E-state index is 12.7. The average Bonchev–Trinajstić information content (AvgIpc) is 2.28. The number of benzene rings is 1. The minimum Gasteiger partial charge on any atom is -0.311 e. The maximum atomic E-state index is 12.7. The van der Waals surface area contributed by atoms with Gasteiger partial charge in [-0.25, -0.2) is 8.42 Å². The molecule has 1 N–H and O–H groups in total. The highest BCUT2D eigenvalue weighted by Gasteiger charge is 2.30. The third-order valence-corrected chi connectivity index (χ3v) is 5.48. The molecule has 4 heteroatoms. The number of nitrogens with one attached hydrogen (secondary N) is 1. The van der Waals surface area contributed by atoms with Gasteiger partial charge in [0.05, 0.1) is 10.1 Å². The fraction of sp³-hybridized carbons (Fsp3) is 0.600. The second-order valence-corrected chi connectivity index (χ2v) is 8.44. The Morgan fingerprint density at radius 2 is 1.63 bits per heavy atom. The highest BCUT2D eigenvalue weighted by molar-refractivity contribution is 7.92. The van der Waals surface area contributed by atoms with Crippen molar-refractivity contribution in [3.63, 3.8) is 0 Å². The van der Waals surface area contributed by atoms with E-state index < -0.39 is 15.1 Å². The Labute approximate surface area is 117 Å². The monoisotopic (exact) mass is 283 g/mol. The van der Waals surface area contributed by atoms with Gasteiger partial charge in [-0.1, -0.05) is 32.0 Å². The van der Waals surface area contributed by atoms with Crippen LogP contribution in [0.2, 0.25) is 0 Å². The molecular formula is C15H25NO2S. The van der Waals surface area contributed by atoms with Crippen LogP contribution in [0.15, 0.2) is 35.2 Å². The summed E-state index contributed by atoms with van der Waals surface area (Å²) in [5.41, 5.74) is -0.0840. The molecule has 1 atom stereocenters. The first-order chi connectivity index (χ1) is 8.64. The molecule has 0 fully saturated rings. The van der Waals surface area contributed by atoms with Crippen LogP contribution in [0.1, 0.15) is 34.6 Å². The van der Waals surface area contributed by atoms with Crippen LogP contribution in [-0.4, -0.2) is 25.8 Å². The molecule has 108 valence electrons. The molecular weight excluding hydrogens is 258 g/mol. The Kier molecular flexibility index (Phi) is 5.16. The lowest BCUT2D eigenvalue weighted by atomic mass is 10.1. The Morgan fingerprint density at radius 3 is 2.05 bits per heavy atom. The molecule has 0 aliphatic rings. The first-order valence-electron chi connectivity index (χ1n) is 6.68. The van der Waals surface area contributed by atoms with Crippen LogP contribution in [-0.2, 0) is 9.84 Å². The van der Waals surface area contributed by atoms with E-state index in [-0.39, 0.29) is 11.5 Å². The molecule has 3 nitrogen and oxygen atoms in total. The van der Waals surface area contributed by atoms with Crippen molar-refractivity contribution in [2.24, 2.45) is 5.92 Å². The molecule has 1 aromatic carbocycles. The second-order valence-electron chi connectivity index (χ2n) is 6.27. The van der Waals surface area contributed by atoms with Crippen molar-refractivity contribution in [3.05, 3.63) is 30.3 Å². The molecule has 0 saturated carbocycles.